The van der Waals surface area contributed by atoms with Crippen LogP contribution in [0, 0.1) is 6.92 Å². The van der Waals surface area contributed by atoms with Crippen LogP contribution in [0.3, 0.4) is 0 Å². The normalized spacial score (nSPS) is 10.8. The van der Waals surface area contributed by atoms with Gasteiger partial charge in [-0.1, -0.05) is 23.7 Å². The molecule has 0 radical (unpaired) electrons. The van der Waals surface area contributed by atoms with Crippen molar-refractivity contribution in [2.75, 3.05) is 25.1 Å². The van der Waals surface area contributed by atoms with Crippen LogP contribution in [0.1, 0.15) is 19.0 Å². The van der Waals surface area contributed by atoms with Crippen LogP contribution in [-0.2, 0) is 4.74 Å². The second-order valence-electron chi connectivity index (χ2n) is 4.50. The number of ether oxygens (including phenoxy) is 1. The van der Waals surface area contributed by atoms with Gasteiger partial charge in [0.1, 0.15) is 0 Å². The van der Waals surface area contributed by atoms with Gasteiger partial charge in [-0.2, -0.15) is 0 Å². The third-order valence-corrected chi connectivity index (χ3v) is 3.21. The van der Waals surface area contributed by atoms with Crippen molar-refractivity contribution in [2.45, 2.75) is 20.3 Å². The zero-order valence-corrected chi connectivity index (χ0v) is 12.7. The third kappa shape index (κ3) is 3.74. The topological polar surface area (TPSA) is 39.1 Å². The lowest BCUT2D eigenvalue weighted by atomic mass is 10.3. The molecule has 0 aliphatic rings. The number of rotatable bonds is 7. The molecule has 1 aromatic heterocycles. The molecule has 0 saturated heterocycles. The fourth-order valence-electron chi connectivity index (χ4n) is 1.97. The van der Waals surface area contributed by atoms with Crippen LogP contribution < -0.4 is 5.32 Å². The Labute approximate surface area is 124 Å². The van der Waals surface area contributed by atoms with Crippen molar-refractivity contribution in [3.63, 3.8) is 0 Å². The van der Waals surface area contributed by atoms with E-state index in [0.29, 0.717) is 5.02 Å². The van der Waals surface area contributed by atoms with Crippen LogP contribution >= 0.6 is 11.6 Å². The third-order valence-electron chi connectivity index (χ3n) is 2.89. The summed E-state index contributed by atoms with van der Waals surface area (Å²) in [5.41, 5.74) is 1.89. The Balaban J connectivity index is 2.09. The van der Waals surface area contributed by atoms with Crippen LogP contribution in [0.15, 0.2) is 30.5 Å². The van der Waals surface area contributed by atoms with Crippen molar-refractivity contribution in [1.29, 1.82) is 0 Å². The maximum absolute atomic E-state index is 6.25. The summed E-state index contributed by atoms with van der Waals surface area (Å²) in [6.07, 6.45) is 2.92. The number of anilines is 1. The molecule has 2 rings (SSSR count). The Bertz CT molecular complexity index is 554. The molecule has 0 spiro atoms. The maximum Gasteiger partial charge on any atom is 0.207 e. The first-order valence-electron chi connectivity index (χ1n) is 6.85. The van der Waals surface area contributed by atoms with Crippen LogP contribution in [0.2, 0.25) is 5.02 Å². The predicted octanol–water partition coefficient (Wildman–Crippen LogP) is 3.67. The summed E-state index contributed by atoms with van der Waals surface area (Å²) in [7, 11) is 0. The Morgan fingerprint density at radius 2 is 2.15 bits per heavy atom. The number of halogens is 1. The van der Waals surface area contributed by atoms with E-state index in [9.17, 15) is 0 Å². The highest BCUT2D eigenvalue weighted by atomic mass is 35.5. The van der Waals surface area contributed by atoms with E-state index in [1.54, 1.807) is 0 Å². The first kappa shape index (κ1) is 14.9. The SMILES string of the molecule is CCOCCCNc1nc(C)cn1-c1ccccc1Cl. The maximum atomic E-state index is 6.25. The summed E-state index contributed by atoms with van der Waals surface area (Å²) in [5, 5.41) is 4.04. The summed E-state index contributed by atoms with van der Waals surface area (Å²) in [6.45, 7) is 6.31. The first-order valence-corrected chi connectivity index (χ1v) is 7.22. The van der Waals surface area contributed by atoms with Crippen LogP contribution in [0.5, 0.6) is 0 Å². The van der Waals surface area contributed by atoms with Gasteiger partial charge >= 0.3 is 0 Å². The van der Waals surface area contributed by atoms with Gasteiger partial charge < -0.3 is 10.1 Å². The highest BCUT2D eigenvalue weighted by Crippen LogP contribution is 2.23. The second-order valence-corrected chi connectivity index (χ2v) is 4.91. The number of nitrogens with zero attached hydrogens (tertiary/aromatic N) is 2. The lowest BCUT2D eigenvalue weighted by Gasteiger charge is -2.11. The van der Waals surface area contributed by atoms with Crippen molar-refractivity contribution >= 4 is 17.5 Å². The molecule has 0 aliphatic heterocycles. The summed E-state index contributed by atoms with van der Waals surface area (Å²) in [4.78, 5) is 4.50. The highest BCUT2D eigenvalue weighted by Gasteiger charge is 2.09. The number of benzene rings is 1. The molecule has 0 aliphatic carbocycles. The predicted molar refractivity (Wildman–Crippen MR) is 82.9 cm³/mol. The van der Waals surface area contributed by atoms with Crippen LogP contribution in [0.25, 0.3) is 5.69 Å². The number of imidazole rings is 1. The van der Waals surface area contributed by atoms with E-state index in [0.717, 1.165) is 43.5 Å². The molecule has 0 amide bonds. The Hall–Kier alpha value is -1.52. The highest BCUT2D eigenvalue weighted by molar-refractivity contribution is 6.32. The lowest BCUT2D eigenvalue weighted by Crippen LogP contribution is -2.10. The molecule has 1 aromatic carbocycles. The minimum atomic E-state index is 0.710. The first-order chi connectivity index (χ1) is 9.72. The summed E-state index contributed by atoms with van der Waals surface area (Å²) < 4.78 is 7.31. The van der Waals surface area contributed by atoms with E-state index in [4.69, 9.17) is 16.3 Å². The molecule has 20 heavy (non-hydrogen) atoms. The number of aromatic nitrogens is 2. The minimum absolute atomic E-state index is 0.710. The van der Waals surface area contributed by atoms with E-state index in [-0.39, 0.29) is 0 Å². The van der Waals surface area contributed by atoms with Gasteiger partial charge in [-0.25, -0.2) is 4.98 Å². The van der Waals surface area contributed by atoms with E-state index in [2.05, 4.69) is 10.3 Å². The zero-order chi connectivity index (χ0) is 14.4. The van der Waals surface area contributed by atoms with Gasteiger partial charge in [-0.15, -0.1) is 0 Å². The van der Waals surface area contributed by atoms with Gasteiger partial charge in [-0.05, 0) is 32.4 Å². The van der Waals surface area contributed by atoms with E-state index in [1.165, 1.54) is 0 Å². The molecule has 5 heteroatoms. The molecule has 1 heterocycles. The molecule has 1 N–H and O–H groups in total. The Morgan fingerprint density at radius 3 is 2.90 bits per heavy atom. The summed E-state index contributed by atoms with van der Waals surface area (Å²) >= 11 is 6.25. The monoisotopic (exact) mass is 293 g/mol. The number of hydrogen-bond donors (Lipinski definition) is 1. The lowest BCUT2D eigenvalue weighted by molar-refractivity contribution is 0.147. The van der Waals surface area contributed by atoms with Crippen molar-refractivity contribution in [3.8, 4) is 5.69 Å². The molecule has 0 unspecified atom stereocenters. The summed E-state index contributed by atoms with van der Waals surface area (Å²) in [6, 6.07) is 7.75. The Morgan fingerprint density at radius 1 is 1.35 bits per heavy atom. The van der Waals surface area contributed by atoms with Crippen molar-refractivity contribution in [2.24, 2.45) is 0 Å². The van der Waals surface area contributed by atoms with Gasteiger partial charge in [0.2, 0.25) is 5.95 Å². The molecular formula is C15H20ClN3O. The molecular weight excluding hydrogens is 274 g/mol. The van der Waals surface area contributed by atoms with E-state index in [1.807, 2.05) is 48.9 Å². The van der Waals surface area contributed by atoms with Gasteiger partial charge in [0.05, 0.1) is 16.4 Å². The standard InChI is InChI=1S/C15H20ClN3O/c1-3-20-10-6-9-17-15-18-12(2)11-19(15)14-8-5-4-7-13(14)16/h4-5,7-8,11H,3,6,9-10H2,1-2H3,(H,17,18). The molecule has 0 fully saturated rings. The van der Waals surface area contributed by atoms with Crippen molar-refractivity contribution in [3.05, 3.63) is 41.2 Å². The van der Waals surface area contributed by atoms with Gasteiger partial charge in [-0.3, -0.25) is 4.57 Å². The Kier molecular flexibility index (Phi) is 5.44. The number of aryl methyl sites for hydroxylation is 1. The molecule has 108 valence electrons. The van der Waals surface area contributed by atoms with Gasteiger partial charge in [0.25, 0.3) is 0 Å². The average Bonchev–Trinajstić information content (AvgIpc) is 2.80. The van der Waals surface area contributed by atoms with E-state index < -0.39 is 0 Å². The summed E-state index contributed by atoms with van der Waals surface area (Å²) in [5.74, 6) is 0.812. The fraction of sp³-hybridized carbons (Fsp3) is 0.400. The smallest absolute Gasteiger partial charge is 0.207 e. The van der Waals surface area contributed by atoms with Crippen LogP contribution in [0.4, 0.5) is 5.95 Å². The van der Waals surface area contributed by atoms with Crippen molar-refractivity contribution < 1.29 is 4.74 Å². The molecule has 4 nitrogen and oxygen atoms in total. The average molecular weight is 294 g/mol. The molecule has 0 atom stereocenters. The molecule has 0 bridgehead atoms. The van der Waals surface area contributed by atoms with Crippen LogP contribution in [-0.4, -0.2) is 29.3 Å². The second kappa shape index (κ2) is 7.31. The largest absolute Gasteiger partial charge is 0.382 e. The quantitative estimate of drug-likeness (QED) is 0.792. The van der Waals surface area contributed by atoms with E-state index >= 15 is 0 Å². The van der Waals surface area contributed by atoms with Gasteiger partial charge in [0.15, 0.2) is 0 Å². The molecule has 2 aromatic rings. The minimum Gasteiger partial charge on any atom is -0.382 e. The number of hydrogen-bond acceptors (Lipinski definition) is 3. The van der Waals surface area contributed by atoms with Gasteiger partial charge in [0, 0.05) is 26.0 Å². The number of para-hydroxylation sites is 1. The zero-order valence-electron chi connectivity index (χ0n) is 11.9. The van der Waals surface area contributed by atoms with Crippen molar-refractivity contribution in [1.82, 2.24) is 9.55 Å². The molecule has 0 saturated carbocycles. The number of nitrogens with one attached hydrogen (secondary N) is 1. The fourth-order valence-corrected chi connectivity index (χ4v) is 2.20.